The van der Waals surface area contributed by atoms with Gasteiger partial charge in [-0.2, -0.15) is 0 Å². The molecule has 0 bridgehead atoms. The van der Waals surface area contributed by atoms with Crippen LogP contribution in [0.5, 0.6) is 5.75 Å². The summed E-state index contributed by atoms with van der Waals surface area (Å²) in [6.07, 6.45) is 3.28. The van der Waals surface area contributed by atoms with Gasteiger partial charge in [0.15, 0.2) is 5.16 Å². The third-order valence-corrected chi connectivity index (χ3v) is 3.71. The molecule has 0 unspecified atom stereocenters. The Bertz CT molecular complexity index is 742. The summed E-state index contributed by atoms with van der Waals surface area (Å²) in [7, 11) is 1.64. The molecular weight excluding hydrogens is 274 g/mol. The number of imidazole rings is 1. The molecule has 20 heavy (non-hydrogen) atoms. The molecule has 0 aliphatic carbocycles. The maximum Gasteiger partial charge on any atom is 0.172 e. The zero-order valence-electron chi connectivity index (χ0n) is 10.8. The molecule has 0 saturated heterocycles. The van der Waals surface area contributed by atoms with Crippen molar-refractivity contribution in [2.24, 2.45) is 5.73 Å². The zero-order chi connectivity index (χ0) is 13.9. The monoisotopic (exact) mass is 287 g/mol. The summed E-state index contributed by atoms with van der Waals surface area (Å²) >= 11 is 1.42. The number of methoxy groups -OCH3 is 1. The second kappa shape index (κ2) is 5.48. The van der Waals surface area contributed by atoms with E-state index in [4.69, 9.17) is 10.5 Å². The molecule has 2 aromatic heterocycles. The largest absolute Gasteiger partial charge is 0.497 e. The lowest BCUT2D eigenvalue weighted by molar-refractivity contribution is 0.415. The Balaban J connectivity index is 1.94. The Kier molecular flexibility index (Phi) is 3.53. The van der Waals surface area contributed by atoms with Crippen molar-refractivity contribution in [3.8, 4) is 5.75 Å². The Morgan fingerprint density at radius 1 is 1.30 bits per heavy atom. The van der Waals surface area contributed by atoms with Gasteiger partial charge in [-0.3, -0.25) is 4.98 Å². The van der Waals surface area contributed by atoms with Gasteiger partial charge in [0.2, 0.25) is 0 Å². The van der Waals surface area contributed by atoms with Crippen molar-refractivity contribution in [3.63, 3.8) is 0 Å². The normalized spacial score (nSPS) is 10.9. The number of hydrogen-bond acceptors (Lipinski definition) is 6. The standard InChI is InChI=1S/C13H13N5OS/c1-19-8-2-3-9-10(6-8)18-13(17-9)20-12-11(7-14)15-4-5-16-12/h2-6H,7,14H2,1H3,(H,17,18). The minimum atomic E-state index is 0.351. The molecule has 0 fully saturated rings. The molecule has 0 saturated carbocycles. The van der Waals surface area contributed by atoms with Crippen molar-refractivity contribution in [2.45, 2.75) is 16.7 Å². The number of aromatic amines is 1. The number of nitrogens with two attached hydrogens (primary N) is 1. The molecule has 0 amide bonds. The topological polar surface area (TPSA) is 89.7 Å². The SMILES string of the molecule is COc1ccc2nc(Sc3nccnc3CN)[nH]c2c1. The van der Waals surface area contributed by atoms with Crippen LogP contribution in [-0.2, 0) is 6.54 Å². The molecule has 0 radical (unpaired) electrons. The second-order valence-corrected chi connectivity index (χ2v) is 5.02. The summed E-state index contributed by atoms with van der Waals surface area (Å²) in [6, 6.07) is 5.70. The number of H-pyrrole nitrogens is 1. The fraction of sp³-hybridized carbons (Fsp3) is 0.154. The molecule has 2 heterocycles. The highest BCUT2D eigenvalue weighted by molar-refractivity contribution is 7.99. The van der Waals surface area contributed by atoms with Crippen LogP contribution in [0.1, 0.15) is 5.69 Å². The average molecular weight is 287 g/mol. The number of benzene rings is 1. The summed E-state index contributed by atoms with van der Waals surface area (Å²) in [5, 5.41) is 1.52. The first-order chi connectivity index (χ1) is 9.80. The van der Waals surface area contributed by atoms with Gasteiger partial charge >= 0.3 is 0 Å². The molecule has 3 N–H and O–H groups in total. The first-order valence-electron chi connectivity index (χ1n) is 6.01. The number of nitrogens with zero attached hydrogens (tertiary/aromatic N) is 3. The number of aromatic nitrogens is 4. The minimum absolute atomic E-state index is 0.351. The molecule has 1 aromatic carbocycles. The van der Waals surface area contributed by atoms with Crippen LogP contribution in [0.25, 0.3) is 11.0 Å². The van der Waals surface area contributed by atoms with E-state index in [1.807, 2.05) is 18.2 Å². The van der Waals surface area contributed by atoms with Crippen LogP contribution in [0.4, 0.5) is 0 Å². The molecule has 3 rings (SSSR count). The highest BCUT2D eigenvalue weighted by Gasteiger charge is 2.10. The van der Waals surface area contributed by atoms with Crippen molar-refractivity contribution < 1.29 is 4.74 Å². The number of rotatable bonds is 4. The van der Waals surface area contributed by atoms with Crippen LogP contribution in [0.3, 0.4) is 0 Å². The van der Waals surface area contributed by atoms with Crippen LogP contribution < -0.4 is 10.5 Å². The molecule has 0 spiro atoms. The summed E-state index contributed by atoms with van der Waals surface area (Å²) < 4.78 is 5.19. The van der Waals surface area contributed by atoms with Gasteiger partial charge in [-0.1, -0.05) is 0 Å². The predicted molar refractivity (Wildman–Crippen MR) is 76.7 cm³/mol. The lowest BCUT2D eigenvalue weighted by Crippen LogP contribution is -2.02. The van der Waals surface area contributed by atoms with Crippen molar-refractivity contribution in [3.05, 3.63) is 36.3 Å². The van der Waals surface area contributed by atoms with Crippen molar-refractivity contribution in [2.75, 3.05) is 7.11 Å². The van der Waals surface area contributed by atoms with Gasteiger partial charge in [0.1, 0.15) is 10.8 Å². The first kappa shape index (κ1) is 12.9. The smallest absolute Gasteiger partial charge is 0.172 e. The lowest BCUT2D eigenvalue weighted by atomic mass is 10.3. The van der Waals surface area contributed by atoms with E-state index in [2.05, 4.69) is 19.9 Å². The molecule has 7 heteroatoms. The molecule has 0 atom stereocenters. The van der Waals surface area contributed by atoms with E-state index in [1.165, 1.54) is 11.8 Å². The summed E-state index contributed by atoms with van der Waals surface area (Å²) in [6.45, 7) is 0.351. The van der Waals surface area contributed by atoms with Gasteiger partial charge in [0.25, 0.3) is 0 Å². The van der Waals surface area contributed by atoms with Crippen molar-refractivity contribution >= 4 is 22.8 Å². The minimum Gasteiger partial charge on any atom is -0.497 e. The Labute approximate surface area is 119 Å². The van der Waals surface area contributed by atoms with E-state index < -0.39 is 0 Å². The molecule has 102 valence electrons. The Morgan fingerprint density at radius 2 is 2.15 bits per heavy atom. The Hall–Kier alpha value is -2.12. The van der Waals surface area contributed by atoms with E-state index in [-0.39, 0.29) is 0 Å². The zero-order valence-corrected chi connectivity index (χ0v) is 11.6. The molecular formula is C13H13N5OS. The summed E-state index contributed by atoms with van der Waals surface area (Å²) in [5.41, 5.74) is 8.22. The van der Waals surface area contributed by atoms with Gasteiger partial charge in [0.05, 0.1) is 23.8 Å². The molecule has 0 aliphatic heterocycles. The maximum absolute atomic E-state index is 5.65. The van der Waals surface area contributed by atoms with Gasteiger partial charge in [-0.15, -0.1) is 0 Å². The van der Waals surface area contributed by atoms with Gasteiger partial charge in [0, 0.05) is 25.0 Å². The number of nitrogens with one attached hydrogen (secondary N) is 1. The second-order valence-electron chi connectivity index (χ2n) is 4.04. The fourth-order valence-corrected chi connectivity index (χ4v) is 2.67. The molecule has 0 aliphatic rings. The fourth-order valence-electron chi connectivity index (χ4n) is 1.81. The number of fused-ring (bicyclic) bond motifs is 1. The lowest BCUT2D eigenvalue weighted by Gasteiger charge is -2.01. The van der Waals surface area contributed by atoms with E-state index in [9.17, 15) is 0 Å². The van der Waals surface area contributed by atoms with Crippen molar-refractivity contribution in [1.82, 2.24) is 19.9 Å². The summed E-state index contributed by atoms with van der Waals surface area (Å²) in [5.74, 6) is 0.792. The van der Waals surface area contributed by atoms with Gasteiger partial charge in [-0.05, 0) is 23.9 Å². The van der Waals surface area contributed by atoms with Crippen LogP contribution in [0.2, 0.25) is 0 Å². The van der Waals surface area contributed by atoms with Crippen molar-refractivity contribution in [1.29, 1.82) is 0 Å². The quantitative estimate of drug-likeness (QED) is 0.762. The number of ether oxygens (including phenoxy) is 1. The Morgan fingerprint density at radius 3 is 2.95 bits per heavy atom. The third-order valence-electron chi connectivity index (χ3n) is 2.79. The highest BCUT2D eigenvalue weighted by atomic mass is 32.2. The average Bonchev–Trinajstić information content (AvgIpc) is 2.89. The van der Waals surface area contributed by atoms with Crippen LogP contribution in [0.15, 0.2) is 40.8 Å². The van der Waals surface area contributed by atoms with Gasteiger partial charge < -0.3 is 15.5 Å². The van der Waals surface area contributed by atoms with Crippen LogP contribution >= 0.6 is 11.8 Å². The van der Waals surface area contributed by atoms with Crippen LogP contribution in [-0.4, -0.2) is 27.0 Å². The molecule has 3 aromatic rings. The first-order valence-corrected chi connectivity index (χ1v) is 6.83. The predicted octanol–water partition coefficient (Wildman–Crippen LogP) is 1.97. The van der Waals surface area contributed by atoms with E-state index in [1.54, 1.807) is 19.5 Å². The number of hydrogen-bond donors (Lipinski definition) is 2. The molecule has 6 nitrogen and oxygen atoms in total. The van der Waals surface area contributed by atoms with E-state index in [0.29, 0.717) is 6.54 Å². The highest BCUT2D eigenvalue weighted by Crippen LogP contribution is 2.28. The van der Waals surface area contributed by atoms with E-state index >= 15 is 0 Å². The third kappa shape index (κ3) is 2.45. The van der Waals surface area contributed by atoms with E-state index in [0.717, 1.165) is 32.7 Å². The maximum atomic E-state index is 5.65. The van der Waals surface area contributed by atoms with Crippen LogP contribution in [0, 0.1) is 0 Å². The van der Waals surface area contributed by atoms with Gasteiger partial charge in [-0.25, -0.2) is 9.97 Å². The summed E-state index contributed by atoms with van der Waals surface area (Å²) in [4.78, 5) is 16.2.